The predicted molar refractivity (Wildman–Crippen MR) is 151 cm³/mol. The maximum Gasteiger partial charge on any atom is 0.275 e. The van der Waals surface area contributed by atoms with Crippen molar-refractivity contribution in [3.05, 3.63) is 104 Å². The molecule has 0 saturated carbocycles. The molecule has 3 heterocycles. The van der Waals surface area contributed by atoms with Crippen LogP contribution in [-0.2, 0) is 11.3 Å². The van der Waals surface area contributed by atoms with E-state index < -0.39 is 17.4 Å². The molecule has 5 aromatic rings. The first kappa shape index (κ1) is 26.7. The normalized spacial score (nSPS) is 11.8. The number of pyridine rings is 1. The first-order valence-corrected chi connectivity index (χ1v) is 13.1. The Kier molecular flexibility index (Phi) is 7.37. The summed E-state index contributed by atoms with van der Waals surface area (Å²) in [7, 11) is 1.64. The molecule has 1 atom stereocenters. The molecule has 9 nitrogen and oxygen atoms in total. The lowest BCUT2D eigenvalue weighted by atomic mass is 10.1. The Bertz CT molecular complexity index is 1870. The number of amides is 1. The van der Waals surface area contributed by atoms with Crippen LogP contribution < -0.4 is 16.2 Å². The first-order valence-electron chi connectivity index (χ1n) is 12.3. The summed E-state index contributed by atoms with van der Waals surface area (Å²) >= 11 is 1.21. The smallest absolute Gasteiger partial charge is 0.275 e. The van der Waals surface area contributed by atoms with Crippen LogP contribution in [0, 0.1) is 17.1 Å². The molecule has 0 saturated heterocycles. The number of carbonyl (C=O) groups excluding carboxylic acids is 2. The quantitative estimate of drug-likeness (QED) is 0.245. The van der Waals surface area contributed by atoms with Crippen molar-refractivity contribution in [2.24, 2.45) is 0 Å². The van der Waals surface area contributed by atoms with Gasteiger partial charge in [-0.1, -0.05) is 12.1 Å². The zero-order valence-corrected chi connectivity index (χ0v) is 22.3. The molecule has 3 aromatic heterocycles. The molecule has 0 aliphatic heterocycles. The number of carbonyl (C=O) groups is 2. The lowest BCUT2D eigenvalue weighted by Crippen LogP contribution is -2.37. The summed E-state index contributed by atoms with van der Waals surface area (Å²) in [5, 5.41) is 17.5. The van der Waals surface area contributed by atoms with Crippen molar-refractivity contribution >= 4 is 39.6 Å². The van der Waals surface area contributed by atoms with Crippen LogP contribution in [-0.4, -0.2) is 39.3 Å². The average Bonchev–Trinajstić information content (AvgIpc) is 3.61. The Morgan fingerprint density at radius 2 is 2.00 bits per heavy atom. The van der Waals surface area contributed by atoms with Crippen molar-refractivity contribution in [2.75, 3.05) is 12.4 Å². The van der Waals surface area contributed by atoms with Crippen LogP contribution in [0.15, 0.2) is 70.8 Å². The highest BCUT2D eigenvalue weighted by atomic mass is 32.1. The second kappa shape index (κ2) is 11.1. The largest absolute Gasteiger partial charge is 0.352 e. The van der Waals surface area contributed by atoms with Gasteiger partial charge in [0.2, 0.25) is 11.7 Å². The van der Waals surface area contributed by atoms with Gasteiger partial charge in [0.25, 0.3) is 5.56 Å². The standard InChI is InChI=1S/C29H23FN6O3S/c1-16(32-2)28(38)35-22-8-9-25(18-5-3-4-17(10-18)13-31)36(29(22)39)14-26-34-24(15-40-26)27(37)23-12-19-11-20(30)6-7-21(19)33-23/h3-12,15-16,32-33H,14H2,1-2H3,(H,35,38)/t16-/m1/s1. The molecule has 0 radical (unpaired) electrons. The number of hydrogen-bond donors (Lipinski definition) is 3. The molecular weight excluding hydrogens is 531 g/mol. The number of nitrogens with zero attached hydrogens (tertiary/aromatic N) is 3. The van der Waals surface area contributed by atoms with Gasteiger partial charge in [-0.2, -0.15) is 5.26 Å². The van der Waals surface area contributed by atoms with Gasteiger partial charge in [0, 0.05) is 16.3 Å². The van der Waals surface area contributed by atoms with E-state index in [1.165, 1.54) is 34.1 Å². The molecule has 200 valence electrons. The van der Waals surface area contributed by atoms with Crippen molar-refractivity contribution in [3.63, 3.8) is 0 Å². The van der Waals surface area contributed by atoms with Gasteiger partial charge in [-0.05, 0) is 68.1 Å². The Morgan fingerprint density at radius 1 is 1.18 bits per heavy atom. The molecule has 11 heteroatoms. The molecule has 1 amide bonds. The maximum atomic E-state index is 13.6. The van der Waals surface area contributed by atoms with Crippen LogP contribution >= 0.6 is 11.3 Å². The number of halogens is 1. The Labute approximate surface area is 231 Å². The van der Waals surface area contributed by atoms with Crippen LogP contribution in [0.1, 0.15) is 33.7 Å². The number of aromatic amines is 1. The highest BCUT2D eigenvalue weighted by molar-refractivity contribution is 7.09. The number of ketones is 1. The molecule has 0 bridgehead atoms. The minimum atomic E-state index is -0.520. The van der Waals surface area contributed by atoms with Crippen molar-refractivity contribution in [1.82, 2.24) is 19.9 Å². The van der Waals surface area contributed by atoms with Crippen LogP contribution in [0.4, 0.5) is 10.1 Å². The van der Waals surface area contributed by atoms with E-state index in [2.05, 4.69) is 26.7 Å². The van der Waals surface area contributed by atoms with E-state index >= 15 is 0 Å². The summed E-state index contributed by atoms with van der Waals surface area (Å²) in [6.45, 7) is 1.69. The van der Waals surface area contributed by atoms with Gasteiger partial charge >= 0.3 is 0 Å². The molecule has 2 aromatic carbocycles. The number of thiazole rings is 1. The van der Waals surface area contributed by atoms with Crippen molar-refractivity contribution in [2.45, 2.75) is 19.5 Å². The highest BCUT2D eigenvalue weighted by Gasteiger charge is 2.19. The number of H-pyrrole nitrogens is 1. The third-order valence-corrected chi connectivity index (χ3v) is 7.28. The van der Waals surface area contributed by atoms with Gasteiger partial charge in [-0.25, -0.2) is 9.37 Å². The highest BCUT2D eigenvalue weighted by Crippen LogP contribution is 2.24. The average molecular weight is 555 g/mol. The number of rotatable bonds is 8. The minimum Gasteiger partial charge on any atom is -0.352 e. The second-order valence-electron chi connectivity index (χ2n) is 9.09. The van der Waals surface area contributed by atoms with Crippen LogP contribution in [0.25, 0.3) is 22.2 Å². The lowest BCUT2D eigenvalue weighted by Gasteiger charge is -2.16. The monoisotopic (exact) mass is 554 g/mol. The van der Waals surface area contributed by atoms with Gasteiger partial charge in [-0.15, -0.1) is 11.3 Å². The number of nitrogens with one attached hydrogen (secondary N) is 3. The summed E-state index contributed by atoms with van der Waals surface area (Å²) in [5.41, 5.74) is 2.29. The van der Waals surface area contributed by atoms with Gasteiger partial charge in [-0.3, -0.25) is 19.0 Å². The molecule has 0 unspecified atom stereocenters. The van der Waals surface area contributed by atoms with Gasteiger partial charge < -0.3 is 15.6 Å². The molecule has 40 heavy (non-hydrogen) atoms. The number of aromatic nitrogens is 3. The van der Waals surface area contributed by atoms with Crippen molar-refractivity contribution in [1.29, 1.82) is 5.26 Å². The molecule has 0 aliphatic rings. The van der Waals surface area contributed by atoms with E-state index in [1.54, 1.807) is 61.8 Å². The van der Waals surface area contributed by atoms with E-state index in [9.17, 15) is 24.0 Å². The van der Waals surface area contributed by atoms with E-state index in [0.717, 1.165) is 0 Å². The van der Waals surface area contributed by atoms with E-state index in [0.29, 0.717) is 32.7 Å². The number of likely N-dealkylation sites (N-methyl/N-ethyl adjacent to an activating group) is 1. The fourth-order valence-corrected chi connectivity index (χ4v) is 4.95. The SMILES string of the molecule is CN[C@H](C)C(=O)Nc1ccc(-c2cccc(C#N)c2)n(Cc2nc(C(=O)c3cc4cc(F)ccc4[nH]3)cs2)c1=O. The summed E-state index contributed by atoms with van der Waals surface area (Å²) in [4.78, 5) is 46.7. The van der Waals surface area contributed by atoms with E-state index in [-0.39, 0.29) is 35.3 Å². The van der Waals surface area contributed by atoms with Gasteiger partial charge in [0.1, 0.15) is 22.2 Å². The van der Waals surface area contributed by atoms with E-state index in [4.69, 9.17) is 0 Å². The third kappa shape index (κ3) is 5.31. The molecule has 0 aliphatic carbocycles. The molecule has 5 rings (SSSR count). The summed E-state index contributed by atoms with van der Waals surface area (Å²) in [6.07, 6.45) is 0. The van der Waals surface area contributed by atoms with Gasteiger partial charge in [0.05, 0.1) is 35.6 Å². The Balaban J connectivity index is 1.51. The van der Waals surface area contributed by atoms with Crippen molar-refractivity contribution < 1.29 is 14.0 Å². The zero-order chi connectivity index (χ0) is 28.4. The van der Waals surface area contributed by atoms with Crippen molar-refractivity contribution in [3.8, 4) is 17.3 Å². The minimum absolute atomic E-state index is 0.0199. The third-order valence-electron chi connectivity index (χ3n) is 6.45. The maximum absolute atomic E-state index is 13.6. The fourth-order valence-electron chi connectivity index (χ4n) is 4.19. The Morgan fingerprint density at radius 3 is 2.77 bits per heavy atom. The topological polar surface area (TPSA) is 133 Å². The van der Waals surface area contributed by atoms with Crippen LogP contribution in [0.3, 0.4) is 0 Å². The number of benzene rings is 2. The summed E-state index contributed by atoms with van der Waals surface area (Å²) < 4.78 is 15.0. The number of anilines is 1. The second-order valence-corrected chi connectivity index (χ2v) is 10.0. The van der Waals surface area contributed by atoms with E-state index in [1.807, 2.05) is 0 Å². The van der Waals surface area contributed by atoms with Crippen LogP contribution in [0.2, 0.25) is 0 Å². The Hall–Kier alpha value is -4.92. The molecular formula is C29H23FN6O3S. The summed E-state index contributed by atoms with van der Waals surface area (Å²) in [6, 6.07) is 17.4. The fraction of sp³-hybridized carbons (Fsp3) is 0.138. The number of fused-ring (bicyclic) bond motifs is 1. The predicted octanol–water partition coefficient (Wildman–Crippen LogP) is 4.29. The lowest BCUT2D eigenvalue weighted by molar-refractivity contribution is -0.117. The molecule has 0 spiro atoms. The van der Waals surface area contributed by atoms with Gasteiger partial charge in [0.15, 0.2) is 0 Å². The zero-order valence-electron chi connectivity index (χ0n) is 21.5. The first-order chi connectivity index (χ1) is 19.3. The summed E-state index contributed by atoms with van der Waals surface area (Å²) in [5.74, 6) is -1.14. The number of hydrogen-bond acceptors (Lipinski definition) is 7. The molecule has 0 fully saturated rings. The van der Waals surface area contributed by atoms with Crippen LogP contribution in [0.5, 0.6) is 0 Å². The number of nitriles is 1. The molecule has 3 N–H and O–H groups in total.